The lowest BCUT2D eigenvalue weighted by Crippen LogP contribution is -1.96. The molecule has 0 fully saturated rings. The largest absolute Gasteiger partial charge is 0.309 e. The molecule has 0 aliphatic carbocycles. The molecule has 2 aromatic heterocycles. The third-order valence-corrected chi connectivity index (χ3v) is 8.18. The van der Waals surface area contributed by atoms with Gasteiger partial charge in [0.1, 0.15) is 0 Å². The van der Waals surface area contributed by atoms with E-state index in [4.69, 9.17) is 6.57 Å². The smallest absolute Gasteiger partial charge is 0.188 e. The molecular weight excluding hydrogens is 512 g/mol. The van der Waals surface area contributed by atoms with E-state index < -0.39 is 0 Å². The number of aromatic nitrogens is 2. The van der Waals surface area contributed by atoms with Crippen LogP contribution in [0.2, 0.25) is 0 Å². The highest BCUT2D eigenvalue weighted by Gasteiger charge is 2.16. The average Bonchev–Trinajstić information content (AvgIpc) is 3.57. The first-order valence-electron chi connectivity index (χ1n) is 13.8. The summed E-state index contributed by atoms with van der Waals surface area (Å²) < 4.78 is 4.47. The van der Waals surface area contributed by atoms with Crippen molar-refractivity contribution in [2.75, 3.05) is 0 Å². The summed E-state index contributed by atoms with van der Waals surface area (Å²) in [7, 11) is 0. The molecule has 4 nitrogen and oxygen atoms in total. The van der Waals surface area contributed by atoms with E-state index in [0.29, 0.717) is 11.3 Å². The summed E-state index contributed by atoms with van der Waals surface area (Å²) in [4.78, 5) is 3.63. The van der Waals surface area contributed by atoms with E-state index in [1.54, 1.807) is 0 Å². The molecule has 42 heavy (non-hydrogen) atoms. The maximum Gasteiger partial charge on any atom is 0.188 e. The van der Waals surface area contributed by atoms with Crippen LogP contribution in [0.15, 0.2) is 133 Å². The molecule has 6 aromatic carbocycles. The van der Waals surface area contributed by atoms with Gasteiger partial charge in [-0.05, 0) is 71.1 Å². The average molecular weight is 535 g/mol. The molecule has 0 aliphatic heterocycles. The second-order valence-corrected chi connectivity index (χ2v) is 10.4. The van der Waals surface area contributed by atoms with Gasteiger partial charge in [-0.1, -0.05) is 78.9 Å². The fourth-order valence-corrected chi connectivity index (χ4v) is 6.31. The van der Waals surface area contributed by atoms with Gasteiger partial charge < -0.3 is 9.13 Å². The van der Waals surface area contributed by atoms with E-state index in [0.717, 1.165) is 44.3 Å². The van der Waals surface area contributed by atoms with E-state index in [2.05, 4.69) is 111 Å². The number of rotatable bonds is 3. The maximum absolute atomic E-state index is 10.2. The molecule has 8 aromatic rings. The second kappa shape index (κ2) is 9.24. The van der Waals surface area contributed by atoms with Gasteiger partial charge >= 0.3 is 0 Å². The SMILES string of the molecule is [C-]#[N+]c1ccc2c(c1)c1ccccc1n2-c1ccc(-c2ccc(-n3c4ccccc4c4ccccc43)cc2)c(C#N)c1. The van der Waals surface area contributed by atoms with Crippen LogP contribution in [0.1, 0.15) is 5.56 Å². The van der Waals surface area contributed by atoms with Crippen LogP contribution >= 0.6 is 0 Å². The van der Waals surface area contributed by atoms with Crippen molar-refractivity contribution >= 4 is 49.3 Å². The van der Waals surface area contributed by atoms with E-state index in [1.807, 2.05) is 42.5 Å². The molecule has 0 unspecified atom stereocenters. The Bertz CT molecular complexity index is 2370. The van der Waals surface area contributed by atoms with Gasteiger partial charge in [-0.15, -0.1) is 0 Å². The molecular formula is C38H22N4. The topological polar surface area (TPSA) is 38.0 Å². The summed E-state index contributed by atoms with van der Waals surface area (Å²) in [5.41, 5.74) is 9.50. The molecule has 0 saturated carbocycles. The predicted molar refractivity (Wildman–Crippen MR) is 172 cm³/mol. The van der Waals surface area contributed by atoms with Crippen LogP contribution in [-0.2, 0) is 0 Å². The van der Waals surface area contributed by atoms with Crippen LogP contribution < -0.4 is 0 Å². The zero-order valence-electron chi connectivity index (χ0n) is 22.5. The van der Waals surface area contributed by atoms with Gasteiger partial charge in [-0.3, -0.25) is 0 Å². The molecule has 0 aliphatic rings. The monoisotopic (exact) mass is 534 g/mol. The number of hydrogen-bond donors (Lipinski definition) is 0. The highest BCUT2D eigenvalue weighted by molar-refractivity contribution is 6.11. The molecule has 8 rings (SSSR count). The molecule has 0 N–H and O–H groups in total. The van der Waals surface area contributed by atoms with Gasteiger partial charge in [0.05, 0.1) is 40.3 Å². The van der Waals surface area contributed by atoms with Crippen molar-refractivity contribution < 1.29 is 0 Å². The van der Waals surface area contributed by atoms with Crippen LogP contribution in [-0.4, -0.2) is 9.13 Å². The first-order valence-corrected chi connectivity index (χ1v) is 13.8. The Morgan fingerprint density at radius 1 is 0.524 bits per heavy atom. The Morgan fingerprint density at radius 3 is 1.64 bits per heavy atom. The fraction of sp³-hybridized carbons (Fsp3) is 0. The van der Waals surface area contributed by atoms with Gasteiger partial charge in [0, 0.05) is 27.5 Å². The normalized spacial score (nSPS) is 11.3. The number of benzene rings is 6. The minimum Gasteiger partial charge on any atom is -0.309 e. The van der Waals surface area contributed by atoms with E-state index in [-0.39, 0.29) is 0 Å². The quantitative estimate of drug-likeness (QED) is 0.208. The Morgan fingerprint density at radius 2 is 1.05 bits per heavy atom. The molecule has 2 heterocycles. The van der Waals surface area contributed by atoms with Crippen LogP contribution in [0.4, 0.5) is 5.69 Å². The zero-order chi connectivity index (χ0) is 28.2. The summed E-state index contributed by atoms with van der Waals surface area (Å²) in [5.74, 6) is 0. The molecule has 0 radical (unpaired) electrons. The second-order valence-electron chi connectivity index (χ2n) is 10.4. The lowest BCUT2D eigenvalue weighted by atomic mass is 9.99. The summed E-state index contributed by atoms with van der Waals surface area (Å²) in [6.07, 6.45) is 0. The van der Waals surface area contributed by atoms with Crippen molar-refractivity contribution in [1.82, 2.24) is 9.13 Å². The maximum atomic E-state index is 10.2. The van der Waals surface area contributed by atoms with E-state index >= 15 is 0 Å². The molecule has 0 bridgehead atoms. The number of hydrogen-bond acceptors (Lipinski definition) is 1. The van der Waals surface area contributed by atoms with Crippen molar-refractivity contribution in [1.29, 1.82) is 5.26 Å². The third-order valence-electron chi connectivity index (χ3n) is 8.18. The van der Waals surface area contributed by atoms with Crippen molar-refractivity contribution in [3.63, 3.8) is 0 Å². The first-order chi connectivity index (χ1) is 20.7. The highest BCUT2D eigenvalue weighted by atomic mass is 15.0. The van der Waals surface area contributed by atoms with Crippen LogP contribution in [0, 0.1) is 17.9 Å². The number of nitrogens with zero attached hydrogens (tertiary/aromatic N) is 4. The number of para-hydroxylation sites is 3. The molecule has 0 amide bonds. The van der Waals surface area contributed by atoms with Crippen molar-refractivity contribution in [2.45, 2.75) is 0 Å². The summed E-state index contributed by atoms with van der Waals surface area (Å²) in [6, 6.07) is 48.0. The third kappa shape index (κ3) is 3.47. The molecule has 194 valence electrons. The zero-order valence-corrected chi connectivity index (χ0v) is 22.5. The summed E-state index contributed by atoms with van der Waals surface area (Å²) >= 11 is 0. The van der Waals surface area contributed by atoms with E-state index in [1.165, 1.54) is 21.8 Å². The minimum absolute atomic E-state index is 0.612. The molecule has 0 spiro atoms. The van der Waals surface area contributed by atoms with Crippen molar-refractivity contribution in [3.05, 3.63) is 150 Å². The highest BCUT2D eigenvalue weighted by Crippen LogP contribution is 2.36. The van der Waals surface area contributed by atoms with E-state index in [9.17, 15) is 5.26 Å². The summed E-state index contributed by atoms with van der Waals surface area (Å²) in [6.45, 7) is 7.46. The van der Waals surface area contributed by atoms with Crippen LogP contribution in [0.3, 0.4) is 0 Å². The molecule has 0 atom stereocenters. The Labute approximate surface area is 242 Å². The number of fused-ring (bicyclic) bond motifs is 6. The van der Waals surface area contributed by atoms with Gasteiger partial charge in [-0.25, -0.2) is 4.85 Å². The van der Waals surface area contributed by atoms with Crippen molar-refractivity contribution in [3.8, 4) is 28.6 Å². The molecule has 4 heteroatoms. The van der Waals surface area contributed by atoms with Crippen LogP contribution in [0.25, 0.3) is 71.0 Å². The lowest BCUT2D eigenvalue weighted by Gasteiger charge is -2.12. The molecule has 0 saturated heterocycles. The van der Waals surface area contributed by atoms with Gasteiger partial charge in [0.2, 0.25) is 0 Å². The first kappa shape index (κ1) is 23.8. The van der Waals surface area contributed by atoms with Crippen LogP contribution in [0.5, 0.6) is 0 Å². The van der Waals surface area contributed by atoms with Gasteiger partial charge in [0.25, 0.3) is 0 Å². The Kier molecular flexibility index (Phi) is 5.22. The predicted octanol–water partition coefficient (Wildman–Crippen LogP) is 9.97. The Hall–Kier alpha value is -6.10. The lowest BCUT2D eigenvalue weighted by molar-refractivity contribution is 1.17. The standard InChI is InChI=1S/C38H22N4/c1-40-27-16-21-38-34(23-27)33-10-4-7-13-37(33)42(38)29-19-20-30(26(22-29)24-39)25-14-17-28(18-15-25)41-35-11-5-2-8-31(35)32-9-3-6-12-36(32)41/h2-23H. The van der Waals surface area contributed by atoms with Crippen molar-refractivity contribution in [2.24, 2.45) is 0 Å². The fourth-order valence-electron chi connectivity index (χ4n) is 6.31. The van der Waals surface area contributed by atoms with Gasteiger partial charge in [0.15, 0.2) is 5.69 Å². The Balaban J connectivity index is 1.24. The van der Waals surface area contributed by atoms with Gasteiger partial charge in [-0.2, -0.15) is 5.26 Å². The summed E-state index contributed by atoms with van der Waals surface area (Å²) in [5, 5.41) is 14.8. The minimum atomic E-state index is 0.612. The number of nitriles is 1.